The standard InChI is InChI=1S/C13H26N2O3/c1-13(2,3)18-12(17)15-11-6-4-5-10(9-11)14-7-8-16/h10-11,14,16H,4-9H2,1-3H3,(H,15,17). The highest BCUT2D eigenvalue weighted by Crippen LogP contribution is 2.19. The van der Waals surface area contributed by atoms with Crippen LogP contribution >= 0.6 is 0 Å². The third-order valence-electron chi connectivity index (χ3n) is 2.94. The Hall–Kier alpha value is -0.810. The maximum absolute atomic E-state index is 11.7. The Labute approximate surface area is 109 Å². The lowest BCUT2D eigenvalue weighted by Crippen LogP contribution is -2.46. The molecule has 0 bridgehead atoms. The van der Waals surface area contributed by atoms with E-state index in [0.717, 1.165) is 25.7 Å². The Balaban J connectivity index is 2.31. The van der Waals surface area contributed by atoms with Crippen LogP contribution < -0.4 is 10.6 Å². The Morgan fingerprint density at radius 3 is 2.61 bits per heavy atom. The van der Waals surface area contributed by atoms with Crippen LogP contribution in [0.2, 0.25) is 0 Å². The molecule has 0 aromatic heterocycles. The maximum atomic E-state index is 11.7. The first-order chi connectivity index (χ1) is 8.40. The highest BCUT2D eigenvalue weighted by molar-refractivity contribution is 5.68. The van der Waals surface area contributed by atoms with Crippen LogP contribution in [0, 0.1) is 0 Å². The summed E-state index contributed by atoms with van der Waals surface area (Å²) in [4.78, 5) is 11.7. The van der Waals surface area contributed by atoms with E-state index in [1.54, 1.807) is 0 Å². The molecule has 5 nitrogen and oxygen atoms in total. The van der Waals surface area contributed by atoms with Crippen molar-refractivity contribution in [3.8, 4) is 0 Å². The van der Waals surface area contributed by atoms with Gasteiger partial charge in [-0.2, -0.15) is 0 Å². The van der Waals surface area contributed by atoms with Crippen LogP contribution in [0.4, 0.5) is 4.79 Å². The number of carbonyl (C=O) groups excluding carboxylic acids is 1. The highest BCUT2D eigenvalue weighted by Gasteiger charge is 2.24. The van der Waals surface area contributed by atoms with Crippen molar-refractivity contribution < 1.29 is 14.6 Å². The lowest BCUT2D eigenvalue weighted by atomic mass is 9.91. The molecular formula is C13H26N2O3. The van der Waals surface area contributed by atoms with Gasteiger partial charge in [0.15, 0.2) is 0 Å². The third kappa shape index (κ3) is 6.21. The molecule has 1 rings (SSSR count). The first kappa shape index (κ1) is 15.2. The molecule has 0 radical (unpaired) electrons. The summed E-state index contributed by atoms with van der Waals surface area (Å²) in [5.41, 5.74) is -0.451. The molecule has 106 valence electrons. The number of nitrogens with one attached hydrogen (secondary N) is 2. The first-order valence-electron chi connectivity index (χ1n) is 6.74. The van der Waals surface area contributed by atoms with Gasteiger partial charge in [-0.15, -0.1) is 0 Å². The number of rotatable bonds is 4. The number of hydrogen-bond acceptors (Lipinski definition) is 4. The smallest absolute Gasteiger partial charge is 0.407 e. The first-order valence-corrected chi connectivity index (χ1v) is 6.74. The van der Waals surface area contributed by atoms with Crippen molar-refractivity contribution in [3.63, 3.8) is 0 Å². The van der Waals surface area contributed by atoms with Crippen LogP contribution in [-0.4, -0.2) is 42.0 Å². The monoisotopic (exact) mass is 258 g/mol. The highest BCUT2D eigenvalue weighted by atomic mass is 16.6. The van der Waals surface area contributed by atoms with Crippen molar-refractivity contribution in [2.45, 2.75) is 64.1 Å². The molecule has 1 fully saturated rings. The van der Waals surface area contributed by atoms with Gasteiger partial charge >= 0.3 is 6.09 Å². The normalized spacial score (nSPS) is 24.7. The van der Waals surface area contributed by atoms with Gasteiger partial charge < -0.3 is 20.5 Å². The van der Waals surface area contributed by atoms with Crippen LogP contribution in [-0.2, 0) is 4.74 Å². The topological polar surface area (TPSA) is 70.6 Å². The fourth-order valence-corrected chi connectivity index (χ4v) is 2.25. The molecule has 0 aromatic carbocycles. The second-order valence-electron chi connectivity index (χ2n) is 5.88. The summed E-state index contributed by atoms with van der Waals surface area (Å²) in [7, 11) is 0. The number of alkyl carbamates (subject to hydrolysis) is 1. The van der Waals surface area contributed by atoms with Gasteiger partial charge in [-0.05, 0) is 46.5 Å². The maximum Gasteiger partial charge on any atom is 0.407 e. The van der Waals surface area contributed by atoms with Crippen molar-refractivity contribution in [1.29, 1.82) is 0 Å². The Kier molecular flexibility index (Phi) is 5.88. The van der Waals surface area contributed by atoms with Gasteiger partial charge in [0.1, 0.15) is 5.60 Å². The van der Waals surface area contributed by atoms with Crippen LogP contribution in [0.15, 0.2) is 0 Å². The molecule has 2 unspecified atom stereocenters. The summed E-state index contributed by atoms with van der Waals surface area (Å²) in [6, 6.07) is 0.552. The second-order valence-corrected chi connectivity index (χ2v) is 5.88. The fraction of sp³-hybridized carbons (Fsp3) is 0.923. The van der Waals surface area contributed by atoms with E-state index < -0.39 is 5.60 Å². The van der Waals surface area contributed by atoms with E-state index in [2.05, 4.69) is 10.6 Å². The van der Waals surface area contributed by atoms with E-state index in [-0.39, 0.29) is 18.7 Å². The predicted molar refractivity (Wildman–Crippen MR) is 70.5 cm³/mol. The minimum absolute atomic E-state index is 0.153. The van der Waals surface area contributed by atoms with Crippen LogP contribution in [0.3, 0.4) is 0 Å². The Morgan fingerprint density at radius 2 is 2.00 bits per heavy atom. The van der Waals surface area contributed by atoms with Crippen molar-refractivity contribution >= 4 is 6.09 Å². The summed E-state index contributed by atoms with van der Waals surface area (Å²) in [6.07, 6.45) is 3.75. The van der Waals surface area contributed by atoms with Gasteiger partial charge in [0.25, 0.3) is 0 Å². The molecule has 1 aliphatic rings. The Morgan fingerprint density at radius 1 is 1.33 bits per heavy atom. The predicted octanol–water partition coefficient (Wildman–Crippen LogP) is 1.40. The molecule has 0 saturated heterocycles. The van der Waals surface area contributed by atoms with Gasteiger partial charge in [-0.1, -0.05) is 0 Å². The van der Waals surface area contributed by atoms with Crippen molar-refractivity contribution in [2.75, 3.05) is 13.2 Å². The average molecular weight is 258 g/mol. The molecule has 1 aliphatic carbocycles. The third-order valence-corrected chi connectivity index (χ3v) is 2.94. The quantitative estimate of drug-likeness (QED) is 0.713. The van der Waals surface area contributed by atoms with Gasteiger partial charge in [0.2, 0.25) is 0 Å². The van der Waals surface area contributed by atoms with Crippen LogP contribution in [0.25, 0.3) is 0 Å². The molecular weight excluding hydrogens is 232 g/mol. The number of aliphatic hydroxyl groups is 1. The van der Waals surface area contributed by atoms with E-state index >= 15 is 0 Å². The van der Waals surface area contributed by atoms with E-state index in [0.29, 0.717) is 12.6 Å². The van der Waals surface area contributed by atoms with Crippen molar-refractivity contribution in [1.82, 2.24) is 10.6 Å². The van der Waals surface area contributed by atoms with Crippen LogP contribution in [0.5, 0.6) is 0 Å². The lowest BCUT2D eigenvalue weighted by molar-refractivity contribution is 0.0488. The van der Waals surface area contributed by atoms with Gasteiger partial charge in [-0.3, -0.25) is 0 Å². The number of ether oxygens (including phenoxy) is 1. The zero-order valence-corrected chi connectivity index (χ0v) is 11.7. The van der Waals surface area contributed by atoms with E-state index in [1.807, 2.05) is 20.8 Å². The fourth-order valence-electron chi connectivity index (χ4n) is 2.25. The number of hydrogen-bond donors (Lipinski definition) is 3. The van der Waals surface area contributed by atoms with E-state index in [1.165, 1.54) is 0 Å². The summed E-state index contributed by atoms with van der Waals surface area (Å²) in [6.45, 7) is 6.35. The van der Waals surface area contributed by atoms with Crippen molar-refractivity contribution in [2.24, 2.45) is 0 Å². The molecule has 5 heteroatoms. The van der Waals surface area contributed by atoms with E-state index in [4.69, 9.17) is 9.84 Å². The average Bonchev–Trinajstić information content (AvgIpc) is 2.24. The van der Waals surface area contributed by atoms with Crippen molar-refractivity contribution in [3.05, 3.63) is 0 Å². The van der Waals surface area contributed by atoms with Gasteiger partial charge in [0.05, 0.1) is 6.61 Å². The number of amides is 1. The molecule has 1 saturated carbocycles. The summed E-state index contributed by atoms with van der Waals surface area (Å²) in [5, 5.41) is 15.0. The molecule has 0 spiro atoms. The van der Waals surface area contributed by atoms with Crippen LogP contribution in [0.1, 0.15) is 46.5 Å². The van der Waals surface area contributed by atoms with Gasteiger partial charge in [0, 0.05) is 18.6 Å². The minimum Gasteiger partial charge on any atom is -0.444 e. The minimum atomic E-state index is -0.451. The SMILES string of the molecule is CC(C)(C)OC(=O)NC1CCCC(NCCO)C1. The molecule has 1 amide bonds. The van der Waals surface area contributed by atoms with E-state index in [9.17, 15) is 4.79 Å². The number of carbonyl (C=O) groups is 1. The largest absolute Gasteiger partial charge is 0.444 e. The molecule has 0 heterocycles. The molecule has 18 heavy (non-hydrogen) atoms. The zero-order valence-electron chi connectivity index (χ0n) is 11.7. The summed E-state index contributed by atoms with van der Waals surface area (Å²) < 4.78 is 5.25. The summed E-state index contributed by atoms with van der Waals surface area (Å²) >= 11 is 0. The Bertz CT molecular complexity index is 263. The molecule has 2 atom stereocenters. The zero-order chi connectivity index (χ0) is 13.6. The van der Waals surface area contributed by atoms with Gasteiger partial charge in [-0.25, -0.2) is 4.79 Å². The summed E-state index contributed by atoms with van der Waals surface area (Å²) in [5.74, 6) is 0. The number of aliphatic hydroxyl groups excluding tert-OH is 1. The second kappa shape index (κ2) is 6.95. The molecule has 0 aromatic rings. The molecule has 3 N–H and O–H groups in total. The molecule has 0 aliphatic heterocycles. The lowest BCUT2D eigenvalue weighted by Gasteiger charge is -2.31.